The number of aromatic nitrogens is 2. The monoisotopic (exact) mass is 495 g/mol. The molecule has 174 valence electrons. The number of carbonyl (C=O) groups excluding carboxylic acids is 1. The van der Waals surface area contributed by atoms with Crippen LogP contribution >= 0.6 is 23.2 Å². The molecular formula is C24H23Cl2N7O. The Kier molecular flexibility index (Phi) is 5.24. The largest absolute Gasteiger partial charge is 0.366 e. The number of fused-ring (bicyclic) bond motifs is 3. The molecule has 3 aliphatic heterocycles. The van der Waals surface area contributed by atoms with Crippen LogP contribution in [0.1, 0.15) is 16.8 Å². The van der Waals surface area contributed by atoms with Crippen LogP contribution in [0, 0.1) is 0 Å². The summed E-state index contributed by atoms with van der Waals surface area (Å²) in [5, 5.41) is 7.62. The van der Waals surface area contributed by atoms with Gasteiger partial charge in [-0.3, -0.25) is 9.69 Å². The number of piperazine rings is 1. The maximum Gasteiger partial charge on any atom is 0.265 e. The van der Waals surface area contributed by atoms with Crippen LogP contribution in [-0.2, 0) is 0 Å². The highest BCUT2D eigenvalue weighted by Gasteiger charge is 2.37. The number of benzene rings is 2. The number of hydrogen-bond donors (Lipinski definition) is 2. The molecule has 0 spiro atoms. The summed E-state index contributed by atoms with van der Waals surface area (Å²) in [6.07, 6.45) is 2.76. The molecule has 2 fully saturated rings. The van der Waals surface area contributed by atoms with E-state index in [0.717, 1.165) is 18.8 Å². The van der Waals surface area contributed by atoms with E-state index in [1.807, 2.05) is 24.1 Å². The highest BCUT2D eigenvalue weighted by Crippen LogP contribution is 2.37. The van der Waals surface area contributed by atoms with E-state index in [4.69, 9.17) is 23.2 Å². The van der Waals surface area contributed by atoms with Crippen molar-refractivity contribution in [3.63, 3.8) is 0 Å². The number of nitrogens with one attached hydrogen (secondary N) is 2. The van der Waals surface area contributed by atoms with E-state index in [-0.39, 0.29) is 12.6 Å². The van der Waals surface area contributed by atoms with E-state index in [1.165, 1.54) is 12.1 Å². The highest BCUT2D eigenvalue weighted by molar-refractivity contribution is 6.40. The van der Waals surface area contributed by atoms with E-state index in [1.54, 1.807) is 29.3 Å². The van der Waals surface area contributed by atoms with Gasteiger partial charge in [0.25, 0.3) is 5.91 Å². The number of amides is 1. The Bertz CT molecular complexity index is 1250. The van der Waals surface area contributed by atoms with Gasteiger partial charge in [0.15, 0.2) is 0 Å². The van der Waals surface area contributed by atoms with Crippen LogP contribution in [0.15, 0.2) is 48.7 Å². The predicted molar refractivity (Wildman–Crippen MR) is 136 cm³/mol. The van der Waals surface area contributed by atoms with Gasteiger partial charge in [0, 0.05) is 49.8 Å². The lowest BCUT2D eigenvalue weighted by atomic mass is 10.2. The number of para-hydroxylation sites is 1. The smallest absolute Gasteiger partial charge is 0.265 e. The van der Waals surface area contributed by atoms with Crippen molar-refractivity contribution in [2.45, 2.75) is 18.5 Å². The number of carbonyl (C=O) groups is 1. The first-order chi connectivity index (χ1) is 16.5. The lowest BCUT2D eigenvalue weighted by molar-refractivity contribution is 0.0982. The minimum atomic E-state index is -0.242. The van der Waals surface area contributed by atoms with Crippen molar-refractivity contribution < 1.29 is 4.79 Å². The van der Waals surface area contributed by atoms with Crippen molar-refractivity contribution in [3.8, 4) is 0 Å². The Balaban J connectivity index is 1.22. The van der Waals surface area contributed by atoms with E-state index in [2.05, 4.69) is 37.6 Å². The second-order valence-corrected chi connectivity index (χ2v) is 9.71. The first kappa shape index (κ1) is 21.5. The van der Waals surface area contributed by atoms with Crippen LogP contribution in [0.5, 0.6) is 0 Å². The molecule has 34 heavy (non-hydrogen) atoms. The predicted octanol–water partition coefficient (Wildman–Crippen LogP) is 4.13. The van der Waals surface area contributed by atoms with Gasteiger partial charge >= 0.3 is 0 Å². The zero-order valence-electron chi connectivity index (χ0n) is 18.5. The first-order valence-electron chi connectivity index (χ1n) is 11.2. The summed E-state index contributed by atoms with van der Waals surface area (Å²) in [6, 6.07) is 14.7. The molecular weight excluding hydrogens is 473 g/mol. The molecule has 3 aromatic rings. The molecule has 2 unspecified atom stereocenters. The molecule has 2 bridgehead atoms. The van der Waals surface area contributed by atoms with Crippen LogP contribution < -0.4 is 25.3 Å². The molecule has 10 heteroatoms. The zero-order chi connectivity index (χ0) is 23.4. The highest BCUT2D eigenvalue weighted by atomic mass is 35.5. The molecule has 0 aliphatic carbocycles. The summed E-state index contributed by atoms with van der Waals surface area (Å²) in [5.74, 6) is 0.743. The third-order valence-electron chi connectivity index (χ3n) is 6.68. The second-order valence-electron chi connectivity index (χ2n) is 8.89. The van der Waals surface area contributed by atoms with Gasteiger partial charge < -0.3 is 20.4 Å². The van der Waals surface area contributed by atoms with Crippen LogP contribution in [0.4, 0.5) is 28.8 Å². The van der Waals surface area contributed by atoms with Crippen LogP contribution in [-0.4, -0.2) is 54.8 Å². The van der Waals surface area contributed by atoms with Gasteiger partial charge in [-0.25, -0.2) is 4.98 Å². The maximum atomic E-state index is 13.2. The fourth-order valence-electron chi connectivity index (χ4n) is 5.03. The van der Waals surface area contributed by atoms with Crippen molar-refractivity contribution in [1.82, 2.24) is 15.3 Å². The number of halogens is 2. The molecule has 2 saturated heterocycles. The SMILES string of the molecule is CN1CN(c2c(Cl)cccc2Cl)C(=O)c2cnc(Nc3ccc(N4CC5CC4CN5)cc3)nc21. The van der Waals surface area contributed by atoms with E-state index >= 15 is 0 Å². The Labute approximate surface area is 207 Å². The van der Waals surface area contributed by atoms with Gasteiger partial charge in [-0.15, -0.1) is 0 Å². The molecule has 2 N–H and O–H groups in total. The number of anilines is 5. The first-order valence-corrected chi connectivity index (χ1v) is 11.9. The topological polar surface area (TPSA) is 76.6 Å². The van der Waals surface area contributed by atoms with Gasteiger partial charge in [-0.1, -0.05) is 29.3 Å². The summed E-state index contributed by atoms with van der Waals surface area (Å²) >= 11 is 12.7. The van der Waals surface area contributed by atoms with Crippen molar-refractivity contribution >= 4 is 57.9 Å². The van der Waals surface area contributed by atoms with E-state index in [9.17, 15) is 4.79 Å². The third-order valence-corrected chi connectivity index (χ3v) is 7.29. The van der Waals surface area contributed by atoms with E-state index < -0.39 is 0 Å². The molecule has 2 aromatic carbocycles. The van der Waals surface area contributed by atoms with Gasteiger partial charge in [0.1, 0.15) is 11.4 Å². The molecule has 1 aromatic heterocycles. The van der Waals surface area contributed by atoms with Crippen molar-refractivity contribution in [2.75, 3.05) is 46.8 Å². The minimum Gasteiger partial charge on any atom is -0.366 e. The van der Waals surface area contributed by atoms with E-state index in [0.29, 0.717) is 45.1 Å². The Hall–Kier alpha value is -3.07. The fraction of sp³-hybridized carbons (Fsp3) is 0.292. The third kappa shape index (κ3) is 3.62. The van der Waals surface area contributed by atoms with Gasteiger partial charge in [-0.2, -0.15) is 4.98 Å². The average molecular weight is 496 g/mol. The number of nitrogens with zero attached hydrogens (tertiary/aromatic N) is 5. The lowest BCUT2D eigenvalue weighted by Gasteiger charge is -2.35. The molecule has 4 heterocycles. The number of hydrogen-bond acceptors (Lipinski definition) is 7. The normalized spacial score (nSPS) is 21.3. The molecule has 8 nitrogen and oxygen atoms in total. The van der Waals surface area contributed by atoms with Crippen molar-refractivity contribution in [2.24, 2.45) is 0 Å². The summed E-state index contributed by atoms with van der Waals surface area (Å²) in [4.78, 5) is 28.1. The molecule has 1 amide bonds. The standard InChI is InChI=1S/C24H23Cl2N7O/c1-31-13-33(21-19(25)3-2-4-20(21)26)23(34)18-11-28-24(30-22(18)31)29-14-5-7-16(8-6-14)32-12-15-9-17(32)10-27-15/h2-8,11,15,17,27H,9-10,12-13H2,1H3,(H,28,29,30). The van der Waals surface area contributed by atoms with Gasteiger partial charge in [0.05, 0.1) is 22.4 Å². The quantitative estimate of drug-likeness (QED) is 0.563. The Morgan fingerprint density at radius 1 is 1.12 bits per heavy atom. The lowest BCUT2D eigenvalue weighted by Crippen LogP contribution is -2.46. The van der Waals surface area contributed by atoms with Gasteiger partial charge in [0.2, 0.25) is 5.95 Å². The Morgan fingerprint density at radius 3 is 2.56 bits per heavy atom. The van der Waals surface area contributed by atoms with Gasteiger partial charge in [-0.05, 0) is 42.8 Å². The summed E-state index contributed by atoms with van der Waals surface area (Å²) in [7, 11) is 1.87. The minimum absolute atomic E-state index is 0.242. The molecule has 3 aliphatic rings. The van der Waals surface area contributed by atoms with Crippen molar-refractivity contribution in [1.29, 1.82) is 0 Å². The van der Waals surface area contributed by atoms with Crippen LogP contribution in [0.2, 0.25) is 10.0 Å². The molecule has 2 atom stereocenters. The molecule has 6 rings (SSSR count). The fourth-order valence-corrected chi connectivity index (χ4v) is 5.63. The van der Waals surface area contributed by atoms with Crippen LogP contribution in [0.3, 0.4) is 0 Å². The average Bonchev–Trinajstić information content (AvgIpc) is 3.47. The number of rotatable bonds is 4. The summed E-state index contributed by atoms with van der Waals surface area (Å²) in [5.41, 5.74) is 3.00. The van der Waals surface area contributed by atoms with Crippen molar-refractivity contribution in [3.05, 3.63) is 64.3 Å². The maximum absolute atomic E-state index is 13.2. The molecule has 0 radical (unpaired) electrons. The zero-order valence-corrected chi connectivity index (χ0v) is 20.0. The van der Waals surface area contributed by atoms with Crippen LogP contribution in [0.25, 0.3) is 0 Å². The molecule has 0 saturated carbocycles. The summed E-state index contributed by atoms with van der Waals surface area (Å²) in [6.45, 7) is 2.38. The second kappa shape index (κ2) is 8.30. The Morgan fingerprint density at radius 2 is 1.88 bits per heavy atom. The summed E-state index contributed by atoms with van der Waals surface area (Å²) < 4.78 is 0.